The van der Waals surface area contributed by atoms with Crippen molar-refractivity contribution in [2.45, 2.75) is 0 Å². The smallest absolute Gasteiger partial charge is 0.0461 e. The van der Waals surface area contributed by atoms with E-state index < -0.39 is 0 Å². The molecule has 0 fully saturated rings. The maximum atomic E-state index is 10.1. The van der Waals surface area contributed by atoms with Crippen molar-refractivity contribution >= 4 is 11.4 Å². The van der Waals surface area contributed by atoms with Crippen molar-refractivity contribution in [1.82, 2.24) is 0 Å². The van der Waals surface area contributed by atoms with Gasteiger partial charge in [0.05, 0.1) is 0 Å². The fraction of sp³-hybridized carbons (Fsp3) is 0. The van der Waals surface area contributed by atoms with Crippen LogP contribution < -0.4 is 11.0 Å². The Kier molecular flexibility index (Phi) is 2.09. The van der Waals surface area contributed by atoms with Crippen LogP contribution in [-0.4, -0.2) is 0 Å². The van der Waals surface area contributed by atoms with Crippen LogP contribution in [0.1, 0.15) is 0 Å². The van der Waals surface area contributed by atoms with Gasteiger partial charge in [-0.25, -0.2) is 0 Å². The molecule has 0 aliphatic carbocycles. The van der Waals surface area contributed by atoms with Crippen molar-refractivity contribution in [2.24, 2.45) is 0 Å². The van der Waals surface area contributed by atoms with Crippen molar-refractivity contribution < 1.29 is 0 Å². The summed E-state index contributed by atoms with van der Waals surface area (Å²) in [6.45, 7) is 0. The Morgan fingerprint density at radius 1 is 0.900 bits per heavy atom. The minimum Gasteiger partial charge on any atom is -0.761 e. The Labute approximate surface area is 58.0 Å². The van der Waals surface area contributed by atoms with Gasteiger partial charge in [-0.2, -0.15) is 0 Å². The van der Waals surface area contributed by atoms with Crippen LogP contribution in [0.25, 0.3) is 0 Å². The maximum Gasteiger partial charge on any atom is 0.0461 e. The predicted molar refractivity (Wildman–Crippen MR) is 40.4 cm³/mol. The summed E-state index contributed by atoms with van der Waals surface area (Å²) >= 11 is 0. The van der Waals surface area contributed by atoms with E-state index in [0.29, 0.717) is 0 Å². The molecule has 0 aromatic heterocycles. The summed E-state index contributed by atoms with van der Waals surface area (Å²) in [6, 6.07) is 6.38. The largest absolute Gasteiger partial charge is 0.761 e. The molecule has 0 radical (unpaired) electrons. The van der Waals surface area contributed by atoms with E-state index >= 15 is 0 Å². The lowest BCUT2D eigenvalue weighted by atomic mass is 10.3. The molecule has 0 aliphatic heterocycles. The molecule has 0 saturated carbocycles. The number of rotatable bonds is 2. The Balaban J connectivity index is 2.96. The molecule has 0 heterocycles. The van der Waals surface area contributed by atoms with E-state index in [2.05, 4.69) is 0 Å². The number of hydrogen-bond donors (Lipinski definition) is 2. The van der Waals surface area contributed by atoms with Crippen LogP contribution in [0, 0.1) is 10.4 Å². The van der Waals surface area contributed by atoms with E-state index in [9.17, 15) is 10.4 Å². The van der Waals surface area contributed by atoms with Gasteiger partial charge in [0, 0.05) is 11.4 Å². The highest BCUT2D eigenvalue weighted by Gasteiger charge is 1.88. The fourth-order valence-electron chi connectivity index (χ4n) is 0.661. The average molecular weight is 138 g/mol. The second-order valence-corrected chi connectivity index (χ2v) is 1.75. The first-order valence-corrected chi connectivity index (χ1v) is 2.74. The molecule has 10 heavy (non-hydrogen) atoms. The third kappa shape index (κ3) is 1.18. The molecule has 4 nitrogen and oxygen atoms in total. The van der Waals surface area contributed by atoms with E-state index in [-0.39, 0.29) is 11.4 Å². The lowest BCUT2D eigenvalue weighted by Gasteiger charge is -2.17. The number of nitrogens with one attached hydrogen (secondary N) is 2. The number of benzene rings is 1. The van der Waals surface area contributed by atoms with Crippen LogP contribution in [0.2, 0.25) is 0 Å². The van der Waals surface area contributed by atoms with Gasteiger partial charge >= 0.3 is 0 Å². The molecular formula is C6H6N2O2-2. The summed E-state index contributed by atoms with van der Waals surface area (Å²) in [7, 11) is 0. The monoisotopic (exact) mass is 138 g/mol. The van der Waals surface area contributed by atoms with Crippen LogP contribution in [0.3, 0.4) is 0 Å². The van der Waals surface area contributed by atoms with Crippen LogP contribution in [0.5, 0.6) is 0 Å². The van der Waals surface area contributed by atoms with Gasteiger partial charge in [0.2, 0.25) is 0 Å². The molecule has 0 bridgehead atoms. The van der Waals surface area contributed by atoms with E-state index in [1.165, 1.54) is 12.1 Å². The van der Waals surface area contributed by atoms with Gasteiger partial charge in [-0.3, -0.25) is 0 Å². The van der Waals surface area contributed by atoms with Crippen molar-refractivity contribution in [1.29, 1.82) is 0 Å². The summed E-state index contributed by atoms with van der Waals surface area (Å²) in [5, 5.41) is 20.2. The van der Waals surface area contributed by atoms with Gasteiger partial charge in [-0.05, 0) is 12.1 Å². The fourth-order valence-corrected chi connectivity index (χ4v) is 0.661. The van der Waals surface area contributed by atoms with E-state index in [1.807, 2.05) is 0 Å². The minimum atomic E-state index is 0.262. The van der Waals surface area contributed by atoms with Crippen LogP contribution in [0.4, 0.5) is 11.4 Å². The zero-order valence-electron chi connectivity index (χ0n) is 5.13. The van der Waals surface area contributed by atoms with Crippen LogP contribution in [-0.2, 0) is 0 Å². The third-order valence-electron chi connectivity index (χ3n) is 1.15. The maximum absolute atomic E-state index is 10.1. The highest BCUT2D eigenvalue weighted by molar-refractivity contribution is 5.68. The van der Waals surface area contributed by atoms with Crippen LogP contribution >= 0.6 is 0 Å². The summed E-state index contributed by atoms with van der Waals surface area (Å²) in [4.78, 5) is 0. The topological polar surface area (TPSA) is 70.2 Å². The van der Waals surface area contributed by atoms with Crippen molar-refractivity contribution in [3.05, 3.63) is 34.7 Å². The number of para-hydroxylation sites is 2. The Morgan fingerprint density at radius 3 is 1.60 bits per heavy atom. The summed E-state index contributed by atoms with van der Waals surface area (Å²) < 4.78 is 0. The molecule has 1 aromatic rings. The zero-order valence-corrected chi connectivity index (χ0v) is 5.13. The van der Waals surface area contributed by atoms with Gasteiger partial charge < -0.3 is 21.4 Å². The van der Waals surface area contributed by atoms with Gasteiger partial charge in [0.15, 0.2) is 0 Å². The minimum absolute atomic E-state index is 0.262. The SMILES string of the molecule is [O-]Nc1ccccc1N[O-]. The number of anilines is 2. The van der Waals surface area contributed by atoms with Crippen LogP contribution in [0.15, 0.2) is 24.3 Å². The Morgan fingerprint density at radius 2 is 1.30 bits per heavy atom. The summed E-state index contributed by atoms with van der Waals surface area (Å²) in [5.41, 5.74) is 3.79. The van der Waals surface area contributed by atoms with E-state index in [1.54, 1.807) is 23.1 Å². The molecule has 2 N–H and O–H groups in total. The second-order valence-electron chi connectivity index (χ2n) is 1.75. The van der Waals surface area contributed by atoms with Crippen molar-refractivity contribution in [3.8, 4) is 0 Å². The first-order chi connectivity index (χ1) is 4.88. The molecule has 1 rings (SSSR count). The molecule has 4 heteroatoms. The Bertz CT molecular complexity index is 192. The highest BCUT2D eigenvalue weighted by atomic mass is 16.5. The molecule has 0 atom stereocenters. The molecule has 0 saturated heterocycles. The lowest BCUT2D eigenvalue weighted by Crippen LogP contribution is -1.92. The van der Waals surface area contributed by atoms with Crippen molar-refractivity contribution in [2.75, 3.05) is 11.0 Å². The highest BCUT2D eigenvalue weighted by Crippen LogP contribution is 2.18. The van der Waals surface area contributed by atoms with Gasteiger partial charge in [-0.15, -0.1) is 0 Å². The van der Waals surface area contributed by atoms with Gasteiger partial charge in [-0.1, -0.05) is 12.1 Å². The molecular weight excluding hydrogens is 132 g/mol. The first kappa shape index (κ1) is 6.85. The standard InChI is InChI=1S/C6H6N2O2/c9-7-5-3-1-2-4-6(5)8-10/h1-4,7-8H/q-2. The lowest BCUT2D eigenvalue weighted by molar-refractivity contribution is 1.55. The van der Waals surface area contributed by atoms with E-state index in [0.717, 1.165) is 0 Å². The first-order valence-electron chi connectivity index (χ1n) is 2.74. The Hall–Kier alpha value is -1.26. The molecule has 0 spiro atoms. The summed E-state index contributed by atoms with van der Waals surface area (Å²) in [5.74, 6) is 0. The molecule has 1 aromatic carbocycles. The molecule has 54 valence electrons. The van der Waals surface area contributed by atoms with Gasteiger partial charge in [0.25, 0.3) is 0 Å². The normalized spacial score (nSPS) is 9.00. The molecule has 0 aliphatic rings. The predicted octanol–water partition coefficient (Wildman–Crippen LogP) is 1.51. The second kappa shape index (κ2) is 3.05. The number of hydrogen-bond acceptors (Lipinski definition) is 4. The third-order valence-corrected chi connectivity index (χ3v) is 1.15. The average Bonchev–Trinajstić information content (AvgIpc) is 2.04. The zero-order chi connectivity index (χ0) is 7.40. The van der Waals surface area contributed by atoms with Crippen molar-refractivity contribution in [3.63, 3.8) is 0 Å². The summed E-state index contributed by atoms with van der Waals surface area (Å²) in [6.07, 6.45) is 0. The molecule has 0 amide bonds. The van der Waals surface area contributed by atoms with E-state index in [4.69, 9.17) is 0 Å². The molecule has 0 unspecified atom stereocenters. The van der Waals surface area contributed by atoms with Gasteiger partial charge in [0.1, 0.15) is 0 Å². The quantitative estimate of drug-likeness (QED) is 0.607.